The van der Waals surface area contributed by atoms with Gasteiger partial charge in [0.1, 0.15) is 5.75 Å². The molecule has 0 aliphatic carbocycles. The van der Waals surface area contributed by atoms with E-state index in [2.05, 4.69) is 29.3 Å². The van der Waals surface area contributed by atoms with Gasteiger partial charge in [0.25, 0.3) is 5.91 Å². The van der Waals surface area contributed by atoms with Crippen LogP contribution in [0.25, 0.3) is 0 Å². The van der Waals surface area contributed by atoms with E-state index in [4.69, 9.17) is 4.74 Å². The van der Waals surface area contributed by atoms with Crippen LogP contribution >= 0.6 is 0 Å². The third-order valence-electron chi connectivity index (χ3n) is 5.14. The van der Waals surface area contributed by atoms with Crippen molar-refractivity contribution in [2.24, 2.45) is 5.92 Å². The first-order chi connectivity index (χ1) is 13.8. The molecule has 0 aromatic heterocycles. The molecule has 2 aromatic carbocycles. The lowest BCUT2D eigenvalue weighted by molar-refractivity contribution is -0.137. The molecular formula is C22H25F3N2O2. The van der Waals surface area contributed by atoms with Crippen LogP contribution in [0.15, 0.2) is 54.6 Å². The maximum absolute atomic E-state index is 12.6. The fraction of sp³-hybridized carbons (Fsp3) is 0.409. The summed E-state index contributed by atoms with van der Waals surface area (Å²) < 4.78 is 43.0. The number of alkyl halides is 3. The summed E-state index contributed by atoms with van der Waals surface area (Å²) in [6, 6.07) is 14.7. The molecule has 7 heteroatoms. The minimum atomic E-state index is -4.39. The van der Waals surface area contributed by atoms with Crippen molar-refractivity contribution in [3.8, 4) is 5.75 Å². The second-order valence-electron chi connectivity index (χ2n) is 7.47. The molecule has 29 heavy (non-hydrogen) atoms. The van der Waals surface area contributed by atoms with Crippen molar-refractivity contribution < 1.29 is 22.7 Å². The molecule has 1 fully saturated rings. The molecule has 4 nitrogen and oxygen atoms in total. The van der Waals surface area contributed by atoms with Crippen molar-refractivity contribution in [2.75, 3.05) is 19.7 Å². The average molecular weight is 406 g/mol. The summed E-state index contributed by atoms with van der Waals surface area (Å²) in [5, 5.41) is 2.99. The summed E-state index contributed by atoms with van der Waals surface area (Å²) in [6.45, 7) is 4.56. The first-order valence-electron chi connectivity index (χ1n) is 9.67. The van der Waals surface area contributed by atoms with Crippen molar-refractivity contribution in [1.82, 2.24) is 10.2 Å². The van der Waals surface area contributed by atoms with Gasteiger partial charge in [0.15, 0.2) is 6.61 Å². The first kappa shape index (κ1) is 21.2. The summed E-state index contributed by atoms with van der Waals surface area (Å²) in [7, 11) is 0. The topological polar surface area (TPSA) is 41.6 Å². The van der Waals surface area contributed by atoms with Crippen LogP contribution in [0.2, 0.25) is 0 Å². The first-order valence-corrected chi connectivity index (χ1v) is 9.67. The molecular weight excluding hydrogens is 381 g/mol. The fourth-order valence-corrected chi connectivity index (χ4v) is 3.57. The van der Waals surface area contributed by atoms with Crippen molar-refractivity contribution in [3.05, 3.63) is 65.7 Å². The Morgan fingerprint density at radius 2 is 1.83 bits per heavy atom. The molecule has 0 radical (unpaired) electrons. The van der Waals surface area contributed by atoms with Gasteiger partial charge in [-0.05, 0) is 42.2 Å². The molecule has 0 spiro atoms. The lowest BCUT2D eigenvalue weighted by Crippen LogP contribution is -2.50. The number of hydrogen-bond acceptors (Lipinski definition) is 3. The predicted octanol–water partition coefficient (Wildman–Crippen LogP) is 4.11. The minimum Gasteiger partial charge on any atom is -0.484 e. The van der Waals surface area contributed by atoms with E-state index in [1.54, 1.807) is 0 Å². The van der Waals surface area contributed by atoms with Gasteiger partial charge in [-0.2, -0.15) is 13.2 Å². The smallest absolute Gasteiger partial charge is 0.416 e. The van der Waals surface area contributed by atoms with Crippen LogP contribution < -0.4 is 10.1 Å². The normalized spacial score (nSPS) is 20.3. The van der Waals surface area contributed by atoms with E-state index >= 15 is 0 Å². The van der Waals surface area contributed by atoms with E-state index < -0.39 is 11.7 Å². The molecule has 1 amide bonds. The lowest BCUT2D eigenvalue weighted by Gasteiger charge is -2.37. The number of hydrogen-bond donors (Lipinski definition) is 1. The van der Waals surface area contributed by atoms with E-state index in [1.807, 2.05) is 18.2 Å². The number of nitrogens with zero attached hydrogens (tertiary/aromatic N) is 1. The Hall–Kier alpha value is -2.54. The second-order valence-corrected chi connectivity index (χ2v) is 7.47. The van der Waals surface area contributed by atoms with Gasteiger partial charge in [0, 0.05) is 25.7 Å². The van der Waals surface area contributed by atoms with Crippen LogP contribution in [0.1, 0.15) is 24.5 Å². The summed E-state index contributed by atoms with van der Waals surface area (Å²) in [5.74, 6) is 0.264. The molecule has 156 valence electrons. The summed E-state index contributed by atoms with van der Waals surface area (Å²) in [5.41, 5.74) is 0.525. The zero-order valence-electron chi connectivity index (χ0n) is 16.3. The molecule has 1 aliphatic rings. The maximum Gasteiger partial charge on any atom is 0.416 e. The molecule has 2 aromatic rings. The highest BCUT2D eigenvalue weighted by molar-refractivity contribution is 5.77. The highest BCUT2D eigenvalue weighted by atomic mass is 19.4. The molecule has 0 saturated carbocycles. The molecule has 0 unspecified atom stereocenters. The van der Waals surface area contributed by atoms with Crippen molar-refractivity contribution in [3.63, 3.8) is 0 Å². The van der Waals surface area contributed by atoms with Crippen LogP contribution in [0.5, 0.6) is 5.75 Å². The quantitative estimate of drug-likeness (QED) is 0.785. The number of carbonyl (C=O) groups excluding carboxylic acids is 1. The number of rotatable bonds is 6. The summed E-state index contributed by atoms with van der Waals surface area (Å²) in [6.07, 6.45) is -3.54. The number of nitrogens with one attached hydrogen (secondary N) is 1. The number of piperidine rings is 1. The van der Waals surface area contributed by atoms with Gasteiger partial charge in [0.2, 0.25) is 0 Å². The van der Waals surface area contributed by atoms with Crippen LogP contribution in [0.3, 0.4) is 0 Å². The van der Waals surface area contributed by atoms with Gasteiger partial charge in [-0.3, -0.25) is 9.69 Å². The van der Waals surface area contributed by atoms with Crippen LogP contribution in [0.4, 0.5) is 13.2 Å². The Morgan fingerprint density at radius 1 is 1.14 bits per heavy atom. The minimum absolute atomic E-state index is 0.0609. The van der Waals surface area contributed by atoms with Crippen LogP contribution in [-0.4, -0.2) is 36.5 Å². The van der Waals surface area contributed by atoms with Crippen molar-refractivity contribution >= 4 is 5.91 Å². The number of benzene rings is 2. The van der Waals surface area contributed by atoms with Gasteiger partial charge in [0.05, 0.1) is 5.56 Å². The summed E-state index contributed by atoms with van der Waals surface area (Å²) in [4.78, 5) is 14.6. The molecule has 1 N–H and O–H groups in total. The third kappa shape index (κ3) is 6.22. The molecule has 1 aliphatic heterocycles. The van der Waals surface area contributed by atoms with E-state index in [9.17, 15) is 18.0 Å². The Labute approximate surface area is 168 Å². The predicted molar refractivity (Wildman–Crippen MR) is 104 cm³/mol. The summed E-state index contributed by atoms with van der Waals surface area (Å²) >= 11 is 0. The van der Waals surface area contributed by atoms with E-state index in [0.717, 1.165) is 38.2 Å². The highest BCUT2D eigenvalue weighted by Crippen LogP contribution is 2.30. The van der Waals surface area contributed by atoms with Crippen LogP contribution in [-0.2, 0) is 17.5 Å². The fourth-order valence-electron chi connectivity index (χ4n) is 3.57. The van der Waals surface area contributed by atoms with Gasteiger partial charge < -0.3 is 10.1 Å². The number of halogens is 3. The Morgan fingerprint density at radius 3 is 2.45 bits per heavy atom. The average Bonchev–Trinajstić information content (AvgIpc) is 2.69. The molecule has 1 heterocycles. The molecule has 3 rings (SSSR count). The standard InChI is InChI=1S/C22H25F3N2O2/c1-16-13-27(14-17-5-3-2-4-6-17)12-11-20(16)26-21(28)15-29-19-9-7-18(8-10-19)22(23,24)25/h2-10,16,20H,11-15H2,1H3,(H,26,28)/t16-,20+/m0/s1. The van der Waals surface area contributed by atoms with Gasteiger partial charge in [-0.15, -0.1) is 0 Å². The number of carbonyl (C=O) groups is 1. The number of amides is 1. The van der Waals surface area contributed by atoms with Gasteiger partial charge >= 0.3 is 6.18 Å². The SMILES string of the molecule is C[C@H]1CN(Cc2ccccc2)CC[C@H]1NC(=O)COc1ccc(C(F)(F)F)cc1. The zero-order chi connectivity index (χ0) is 20.9. The Balaban J connectivity index is 1.43. The lowest BCUT2D eigenvalue weighted by atomic mass is 9.93. The van der Waals surface area contributed by atoms with Crippen LogP contribution in [0, 0.1) is 5.92 Å². The van der Waals surface area contributed by atoms with Gasteiger partial charge in [-0.1, -0.05) is 37.3 Å². The van der Waals surface area contributed by atoms with Gasteiger partial charge in [-0.25, -0.2) is 0 Å². The largest absolute Gasteiger partial charge is 0.484 e. The Bertz CT molecular complexity index is 794. The van der Waals surface area contributed by atoms with E-state index in [1.165, 1.54) is 17.7 Å². The molecule has 0 bridgehead atoms. The monoisotopic (exact) mass is 406 g/mol. The van der Waals surface area contributed by atoms with Crippen molar-refractivity contribution in [1.29, 1.82) is 0 Å². The molecule has 1 saturated heterocycles. The zero-order valence-corrected chi connectivity index (χ0v) is 16.3. The number of likely N-dealkylation sites (tertiary alicyclic amines) is 1. The van der Waals surface area contributed by atoms with E-state index in [0.29, 0.717) is 5.92 Å². The Kier molecular flexibility index (Phi) is 6.79. The van der Waals surface area contributed by atoms with Crippen molar-refractivity contribution in [2.45, 2.75) is 32.1 Å². The third-order valence-corrected chi connectivity index (χ3v) is 5.14. The second kappa shape index (κ2) is 9.31. The number of ether oxygens (including phenoxy) is 1. The maximum atomic E-state index is 12.6. The highest BCUT2D eigenvalue weighted by Gasteiger charge is 2.30. The molecule has 2 atom stereocenters. The van der Waals surface area contributed by atoms with E-state index in [-0.39, 0.29) is 24.3 Å².